The van der Waals surface area contributed by atoms with Gasteiger partial charge in [0.1, 0.15) is 0 Å². The molecule has 0 aromatic heterocycles. The molecule has 0 aliphatic rings. The largest absolute Gasteiger partial charge is 0.386 e. The number of benzene rings is 1. The number of rotatable bonds is 0. The van der Waals surface area contributed by atoms with Crippen LogP contribution in [0.3, 0.4) is 0 Å². The highest BCUT2D eigenvalue weighted by Crippen LogP contribution is 2.16. The third-order valence-electron chi connectivity index (χ3n) is 0.924. The normalized spacial score (nSPS) is 7.69. The van der Waals surface area contributed by atoms with Crippen molar-refractivity contribution >= 4 is 17.3 Å². The maximum atomic E-state index is 8.25. The van der Waals surface area contributed by atoms with Crippen LogP contribution in [0.15, 0.2) is 24.3 Å². The molecule has 0 atom stereocenters. The van der Waals surface area contributed by atoms with E-state index in [-0.39, 0.29) is 0 Å². The molecule has 0 aliphatic heterocycles. The molecule has 0 amide bonds. The molecule has 7 heteroatoms. The fraction of sp³-hybridized carbons (Fsp3) is 0. The summed E-state index contributed by atoms with van der Waals surface area (Å²) in [6.07, 6.45) is 0. The number of hydrogen-bond donors (Lipinski definition) is 0. The second kappa shape index (κ2) is 5.74. The summed E-state index contributed by atoms with van der Waals surface area (Å²) in [6, 6.07) is 6.67. The van der Waals surface area contributed by atoms with E-state index >= 15 is 0 Å². The van der Waals surface area contributed by atoms with Crippen molar-refractivity contribution < 1.29 is 5.09 Å². The van der Waals surface area contributed by atoms with Crippen molar-refractivity contribution in [3.8, 4) is 0 Å². The van der Waals surface area contributed by atoms with Gasteiger partial charge in [-0.1, -0.05) is 17.7 Å². The molecule has 6 nitrogen and oxygen atoms in total. The van der Waals surface area contributed by atoms with Gasteiger partial charge in [0.05, 0.1) is 11.2 Å². The number of hydrogen-bond acceptors (Lipinski definition) is 4. The highest BCUT2D eigenvalue weighted by Gasteiger charge is 2.01. The van der Waals surface area contributed by atoms with Crippen LogP contribution in [-0.2, 0) is 0 Å². The molecule has 13 heavy (non-hydrogen) atoms. The highest BCUT2D eigenvalue weighted by molar-refractivity contribution is 6.30. The molecule has 0 aliphatic carbocycles. The van der Waals surface area contributed by atoms with Crippen LogP contribution in [0.25, 0.3) is 4.98 Å². The van der Waals surface area contributed by atoms with Crippen molar-refractivity contribution in [1.82, 2.24) is 0 Å². The molecule has 0 saturated carbocycles. The van der Waals surface area contributed by atoms with Crippen molar-refractivity contribution in [3.05, 3.63) is 49.6 Å². The van der Waals surface area contributed by atoms with E-state index in [4.69, 9.17) is 32.3 Å². The van der Waals surface area contributed by atoms with Crippen molar-refractivity contribution in [1.29, 1.82) is 5.39 Å². The number of diazo groups is 1. The summed E-state index contributed by atoms with van der Waals surface area (Å²) in [5.41, 5.74) is 0.475. The van der Waals surface area contributed by atoms with Gasteiger partial charge in [0.2, 0.25) is 5.39 Å². The van der Waals surface area contributed by atoms with Gasteiger partial charge in [-0.2, -0.15) is 0 Å². The molecule has 0 heterocycles. The van der Waals surface area contributed by atoms with E-state index in [2.05, 4.69) is 4.98 Å². The Bertz CT molecular complexity index is 332. The van der Waals surface area contributed by atoms with Crippen LogP contribution < -0.4 is 0 Å². The van der Waals surface area contributed by atoms with Crippen LogP contribution in [0.1, 0.15) is 0 Å². The van der Waals surface area contributed by atoms with Gasteiger partial charge in [-0.3, -0.25) is 0 Å². The fourth-order valence-corrected chi connectivity index (χ4v) is 0.723. The third-order valence-corrected chi connectivity index (χ3v) is 1.16. The summed E-state index contributed by atoms with van der Waals surface area (Å²) >= 11 is 5.55. The molecule has 0 radical (unpaired) electrons. The summed E-state index contributed by atoms with van der Waals surface area (Å²) in [4.78, 5) is 11.2. The molecule has 1 aromatic carbocycles. The van der Waals surface area contributed by atoms with E-state index in [1.165, 1.54) is 0 Å². The lowest BCUT2D eigenvalue weighted by Gasteiger charge is -1.78. The molecule has 1 aromatic rings. The van der Waals surface area contributed by atoms with Gasteiger partial charge < -0.3 is 15.3 Å². The maximum absolute atomic E-state index is 8.25. The SMILES string of the molecule is N#[N+]c1cccc(Cl)c1.O=[N+]([O-])[O-]. The Balaban J connectivity index is 0.000000310. The van der Waals surface area contributed by atoms with Gasteiger partial charge in [-0.15, -0.1) is 0 Å². The van der Waals surface area contributed by atoms with Gasteiger partial charge in [0.15, 0.2) is 4.98 Å². The van der Waals surface area contributed by atoms with Crippen molar-refractivity contribution in [2.45, 2.75) is 0 Å². The van der Waals surface area contributed by atoms with E-state index in [1.807, 2.05) is 0 Å². The fourth-order valence-electron chi connectivity index (χ4n) is 0.538. The highest BCUT2D eigenvalue weighted by atomic mass is 35.5. The average Bonchev–Trinajstić information content (AvgIpc) is 2.03. The Hall–Kier alpha value is -1.87. The van der Waals surface area contributed by atoms with E-state index < -0.39 is 5.09 Å². The minimum Gasteiger partial charge on any atom is -0.356 e. The van der Waals surface area contributed by atoms with Gasteiger partial charge in [-0.05, 0) is 6.07 Å². The Kier molecular flexibility index (Phi) is 4.91. The lowest BCUT2D eigenvalue weighted by atomic mass is 10.3. The summed E-state index contributed by atoms with van der Waals surface area (Å²) in [6.45, 7) is 0. The van der Waals surface area contributed by atoms with E-state index in [1.54, 1.807) is 24.3 Å². The molecule has 68 valence electrons. The van der Waals surface area contributed by atoms with Crippen LogP contribution in [0, 0.1) is 20.7 Å². The quantitative estimate of drug-likeness (QED) is 0.366. The van der Waals surface area contributed by atoms with Crippen LogP contribution in [0.4, 0.5) is 5.69 Å². The Morgan fingerprint density at radius 1 is 1.46 bits per heavy atom. The van der Waals surface area contributed by atoms with E-state index in [0.717, 1.165) is 0 Å². The molecular weight excluding hydrogens is 198 g/mol. The van der Waals surface area contributed by atoms with Crippen LogP contribution >= 0.6 is 11.6 Å². The lowest BCUT2D eigenvalue weighted by Crippen LogP contribution is -1.74. The lowest BCUT2D eigenvalue weighted by molar-refractivity contribution is -0.402. The average molecular weight is 202 g/mol. The molecule has 0 fully saturated rings. The summed E-state index contributed by atoms with van der Waals surface area (Å²) in [5, 5.41) is 23.6. The van der Waals surface area contributed by atoms with Crippen LogP contribution in [0.2, 0.25) is 5.02 Å². The zero-order valence-corrected chi connectivity index (χ0v) is 7.01. The minimum atomic E-state index is -1.75. The molecule has 0 N–H and O–H groups in total. The molecule has 0 unspecified atom stereocenters. The second-order valence-electron chi connectivity index (χ2n) is 1.80. The molecule has 0 bridgehead atoms. The first-order valence-electron chi connectivity index (χ1n) is 2.98. The first-order valence-corrected chi connectivity index (χ1v) is 3.36. The molecular formula is C6H4ClN3O3. The maximum Gasteiger partial charge on any atom is 0.386 e. The summed E-state index contributed by atoms with van der Waals surface area (Å²) < 4.78 is 0. The molecule has 0 spiro atoms. The van der Waals surface area contributed by atoms with Crippen molar-refractivity contribution in [3.63, 3.8) is 0 Å². The number of nitrogens with zero attached hydrogens (tertiary/aromatic N) is 3. The Labute approximate surface area is 78.1 Å². The minimum absolute atomic E-state index is 0.475. The second-order valence-corrected chi connectivity index (χ2v) is 2.24. The van der Waals surface area contributed by atoms with Crippen molar-refractivity contribution in [2.75, 3.05) is 0 Å². The Morgan fingerprint density at radius 3 is 2.31 bits per heavy atom. The summed E-state index contributed by atoms with van der Waals surface area (Å²) in [5.74, 6) is 0. The van der Waals surface area contributed by atoms with Crippen LogP contribution in [-0.4, -0.2) is 5.09 Å². The zero-order valence-electron chi connectivity index (χ0n) is 6.25. The van der Waals surface area contributed by atoms with E-state index in [9.17, 15) is 0 Å². The molecule has 1 rings (SSSR count). The predicted octanol–water partition coefficient (Wildman–Crippen LogP) is 2.59. The van der Waals surface area contributed by atoms with Crippen molar-refractivity contribution in [2.24, 2.45) is 0 Å². The standard InChI is InChI=1S/C6H4ClN2.NO3/c7-5-2-1-3-6(4-5)9-8;2-1(3)4/h1-4H;/q+1;-1. The van der Waals surface area contributed by atoms with Gasteiger partial charge in [0.25, 0.3) is 0 Å². The zero-order chi connectivity index (χ0) is 10.3. The first-order chi connectivity index (χ1) is 6.06. The first kappa shape index (κ1) is 11.1. The molecule has 0 saturated heterocycles. The smallest absolute Gasteiger partial charge is 0.356 e. The van der Waals surface area contributed by atoms with Gasteiger partial charge in [-0.25, -0.2) is 0 Å². The predicted molar refractivity (Wildman–Crippen MR) is 46.6 cm³/mol. The van der Waals surface area contributed by atoms with Gasteiger partial charge >= 0.3 is 5.69 Å². The van der Waals surface area contributed by atoms with Crippen LogP contribution in [0.5, 0.6) is 0 Å². The Morgan fingerprint density at radius 2 is 2.00 bits per heavy atom. The monoisotopic (exact) mass is 201 g/mol. The third kappa shape index (κ3) is 6.52. The van der Waals surface area contributed by atoms with Gasteiger partial charge in [0, 0.05) is 11.1 Å². The van der Waals surface area contributed by atoms with E-state index in [0.29, 0.717) is 10.7 Å². The number of halogens is 1. The summed E-state index contributed by atoms with van der Waals surface area (Å²) in [7, 11) is 0. The topological polar surface area (TPSA) is 94.3 Å².